The Bertz CT molecular complexity index is 982. The number of esters is 1. The van der Waals surface area contributed by atoms with Crippen LogP contribution in [0.4, 0.5) is 10.1 Å². The molecule has 2 aromatic carbocycles. The highest BCUT2D eigenvalue weighted by Crippen LogP contribution is 2.28. The normalized spacial score (nSPS) is 10.5. The molecule has 0 bridgehead atoms. The van der Waals surface area contributed by atoms with Gasteiger partial charge in [-0.1, -0.05) is 19.1 Å². The van der Waals surface area contributed by atoms with Gasteiger partial charge in [0.25, 0.3) is 5.91 Å². The van der Waals surface area contributed by atoms with Crippen molar-refractivity contribution in [1.29, 1.82) is 0 Å². The number of thiazole rings is 1. The Morgan fingerprint density at radius 3 is 2.43 bits per heavy atom. The molecule has 0 saturated heterocycles. The number of aromatic nitrogens is 1. The van der Waals surface area contributed by atoms with E-state index in [1.807, 2.05) is 12.1 Å². The van der Waals surface area contributed by atoms with Crippen LogP contribution in [0.3, 0.4) is 0 Å². The van der Waals surface area contributed by atoms with Crippen LogP contribution in [0.25, 0.3) is 10.6 Å². The number of nitrogens with zero attached hydrogens (tertiary/aromatic N) is 1. The van der Waals surface area contributed by atoms with Crippen LogP contribution in [0.1, 0.15) is 27.9 Å². The minimum absolute atomic E-state index is 0.319. The van der Waals surface area contributed by atoms with Gasteiger partial charge in [0, 0.05) is 11.3 Å². The van der Waals surface area contributed by atoms with Gasteiger partial charge in [-0.25, -0.2) is 14.2 Å². The Kier molecular flexibility index (Phi) is 6.16. The lowest BCUT2D eigenvalue weighted by molar-refractivity contribution is -0.119. The maximum absolute atomic E-state index is 13.1. The van der Waals surface area contributed by atoms with E-state index >= 15 is 0 Å². The van der Waals surface area contributed by atoms with Gasteiger partial charge in [0.15, 0.2) is 6.61 Å². The lowest BCUT2D eigenvalue weighted by atomic mass is 10.1. The molecule has 3 aromatic rings. The van der Waals surface area contributed by atoms with Gasteiger partial charge in [0.1, 0.15) is 15.7 Å². The summed E-state index contributed by atoms with van der Waals surface area (Å²) in [6.45, 7) is 3.35. The quantitative estimate of drug-likeness (QED) is 0.616. The van der Waals surface area contributed by atoms with Crippen LogP contribution >= 0.6 is 11.3 Å². The first-order chi connectivity index (χ1) is 13.5. The van der Waals surface area contributed by atoms with Crippen LogP contribution in [0, 0.1) is 12.7 Å². The third kappa shape index (κ3) is 4.80. The van der Waals surface area contributed by atoms with Gasteiger partial charge in [-0.2, -0.15) is 0 Å². The number of carbonyl (C=O) groups excluding carboxylic acids is 2. The molecule has 0 saturated carbocycles. The molecule has 28 heavy (non-hydrogen) atoms. The number of amides is 1. The van der Waals surface area contributed by atoms with Crippen molar-refractivity contribution in [3.63, 3.8) is 0 Å². The van der Waals surface area contributed by atoms with Gasteiger partial charge >= 0.3 is 5.97 Å². The van der Waals surface area contributed by atoms with Crippen molar-refractivity contribution in [2.24, 2.45) is 0 Å². The van der Waals surface area contributed by atoms with E-state index in [4.69, 9.17) is 4.74 Å². The first-order valence-electron chi connectivity index (χ1n) is 8.75. The molecule has 3 rings (SSSR count). The maximum atomic E-state index is 13.1. The second kappa shape index (κ2) is 8.75. The number of halogens is 1. The van der Waals surface area contributed by atoms with E-state index in [2.05, 4.69) is 17.2 Å². The standard InChI is InChI=1S/C21H19FN2O3S/c1-3-14-4-10-17(11-5-14)24-18(25)12-27-21(26)19-13(2)23-20(28-19)15-6-8-16(22)9-7-15/h4-11H,3,12H2,1-2H3,(H,24,25). The van der Waals surface area contributed by atoms with Crippen LogP contribution in [0.2, 0.25) is 0 Å². The second-order valence-electron chi connectivity index (χ2n) is 6.12. The molecule has 0 aliphatic rings. The number of carbonyl (C=O) groups is 2. The van der Waals surface area contributed by atoms with Gasteiger partial charge < -0.3 is 10.1 Å². The molecule has 0 atom stereocenters. The Morgan fingerprint density at radius 1 is 1.11 bits per heavy atom. The molecule has 0 unspecified atom stereocenters. The van der Waals surface area contributed by atoms with Crippen molar-refractivity contribution in [2.45, 2.75) is 20.3 Å². The molecule has 7 heteroatoms. The highest BCUT2D eigenvalue weighted by molar-refractivity contribution is 7.17. The van der Waals surface area contributed by atoms with Crippen LogP contribution in [-0.2, 0) is 16.0 Å². The molecule has 1 aromatic heterocycles. The summed E-state index contributed by atoms with van der Waals surface area (Å²) in [5.74, 6) is -1.37. The molecule has 0 aliphatic heterocycles. The van der Waals surface area contributed by atoms with E-state index in [0.29, 0.717) is 26.8 Å². The maximum Gasteiger partial charge on any atom is 0.350 e. The molecule has 1 N–H and O–H groups in total. The Morgan fingerprint density at radius 2 is 1.79 bits per heavy atom. The summed E-state index contributed by atoms with van der Waals surface area (Å²) in [5, 5.41) is 3.27. The Hall–Kier alpha value is -3.06. The van der Waals surface area contributed by atoms with Crippen molar-refractivity contribution in [3.05, 3.63) is 70.5 Å². The fourth-order valence-corrected chi connectivity index (χ4v) is 3.48. The molecule has 1 heterocycles. The zero-order chi connectivity index (χ0) is 20.1. The molecular formula is C21H19FN2O3S. The molecule has 0 spiro atoms. The predicted molar refractivity (Wildman–Crippen MR) is 107 cm³/mol. The van der Waals surface area contributed by atoms with E-state index < -0.39 is 18.5 Å². The highest BCUT2D eigenvalue weighted by Gasteiger charge is 2.18. The van der Waals surface area contributed by atoms with E-state index in [9.17, 15) is 14.0 Å². The van der Waals surface area contributed by atoms with Crippen molar-refractivity contribution in [1.82, 2.24) is 4.98 Å². The number of aryl methyl sites for hydroxylation is 2. The van der Waals surface area contributed by atoms with Crippen LogP contribution < -0.4 is 5.32 Å². The molecule has 5 nitrogen and oxygen atoms in total. The fraction of sp³-hybridized carbons (Fsp3) is 0.190. The monoisotopic (exact) mass is 398 g/mol. The van der Waals surface area contributed by atoms with Crippen molar-refractivity contribution < 1.29 is 18.7 Å². The van der Waals surface area contributed by atoms with Crippen LogP contribution in [0.15, 0.2) is 48.5 Å². The molecular weight excluding hydrogens is 379 g/mol. The Labute approximate surface area is 166 Å². The summed E-state index contributed by atoms with van der Waals surface area (Å²) >= 11 is 1.15. The van der Waals surface area contributed by atoms with Crippen molar-refractivity contribution in [2.75, 3.05) is 11.9 Å². The molecule has 0 radical (unpaired) electrons. The van der Waals surface area contributed by atoms with Gasteiger partial charge in [-0.05, 0) is 55.3 Å². The minimum Gasteiger partial charge on any atom is -0.451 e. The number of nitrogens with one attached hydrogen (secondary N) is 1. The van der Waals surface area contributed by atoms with Crippen LogP contribution in [-0.4, -0.2) is 23.5 Å². The number of hydrogen-bond acceptors (Lipinski definition) is 5. The van der Waals surface area contributed by atoms with E-state index in [0.717, 1.165) is 17.8 Å². The summed E-state index contributed by atoms with van der Waals surface area (Å²) in [4.78, 5) is 29.0. The summed E-state index contributed by atoms with van der Waals surface area (Å²) in [6.07, 6.45) is 0.917. The topological polar surface area (TPSA) is 68.3 Å². The molecule has 1 amide bonds. The first kappa shape index (κ1) is 19.7. The number of anilines is 1. The first-order valence-corrected chi connectivity index (χ1v) is 9.57. The summed E-state index contributed by atoms with van der Waals surface area (Å²) < 4.78 is 18.2. The fourth-order valence-electron chi connectivity index (χ4n) is 2.52. The zero-order valence-electron chi connectivity index (χ0n) is 15.5. The largest absolute Gasteiger partial charge is 0.451 e. The summed E-state index contributed by atoms with van der Waals surface area (Å²) in [6, 6.07) is 13.3. The lowest BCUT2D eigenvalue weighted by Crippen LogP contribution is -2.20. The zero-order valence-corrected chi connectivity index (χ0v) is 16.3. The highest BCUT2D eigenvalue weighted by atomic mass is 32.1. The SMILES string of the molecule is CCc1ccc(NC(=O)COC(=O)c2sc(-c3ccc(F)cc3)nc2C)cc1. The van der Waals surface area contributed by atoms with Gasteiger partial charge in [0.05, 0.1) is 5.69 Å². The average molecular weight is 398 g/mol. The third-order valence-corrected chi connectivity index (χ3v) is 5.24. The molecule has 0 fully saturated rings. The van der Waals surface area contributed by atoms with E-state index in [1.165, 1.54) is 17.7 Å². The number of rotatable bonds is 6. The summed E-state index contributed by atoms with van der Waals surface area (Å²) in [7, 11) is 0. The van der Waals surface area contributed by atoms with Gasteiger partial charge in [0.2, 0.25) is 0 Å². The third-order valence-electron chi connectivity index (χ3n) is 4.05. The lowest BCUT2D eigenvalue weighted by Gasteiger charge is -2.06. The van der Waals surface area contributed by atoms with Crippen molar-refractivity contribution >= 4 is 28.9 Å². The average Bonchev–Trinajstić information content (AvgIpc) is 3.09. The second-order valence-corrected chi connectivity index (χ2v) is 7.11. The number of benzene rings is 2. The smallest absolute Gasteiger partial charge is 0.350 e. The van der Waals surface area contributed by atoms with Gasteiger partial charge in [-0.3, -0.25) is 4.79 Å². The molecule has 0 aliphatic carbocycles. The molecule has 144 valence electrons. The number of ether oxygens (including phenoxy) is 1. The number of hydrogen-bond donors (Lipinski definition) is 1. The van der Waals surface area contributed by atoms with Gasteiger partial charge in [-0.15, -0.1) is 11.3 Å². The van der Waals surface area contributed by atoms with Crippen LogP contribution in [0.5, 0.6) is 0 Å². The van der Waals surface area contributed by atoms with Crippen molar-refractivity contribution in [3.8, 4) is 10.6 Å². The van der Waals surface area contributed by atoms with E-state index in [-0.39, 0.29) is 5.82 Å². The minimum atomic E-state index is -0.611. The Balaban J connectivity index is 1.59. The predicted octanol–water partition coefficient (Wildman–Crippen LogP) is 4.62. The van der Waals surface area contributed by atoms with E-state index in [1.54, 1.807) is 31.2 Å². The summed E-state index contributed by atoms with van der Waals surface area (Å²) in [5.41, 5.74) is 3.03.